The number of nitrogens with zero attached hydrogens (tertiary/aromatic N) is 7. The van der Waals surface area contributed by atoms with Crippen molar-refractivity contribution in [3.05, 3.63) is 68.4 Å². The summed E-state index contributed by atoms with van der Waals surface area (Å²) in [6.07, 6.45) is 3.61. The summed E-state index contributed by atoms with van der Waals surface area (Å²) in [5.41, 5.74) is 10.6. The maximum Gasteiger partial charge on any atom is 0.293 e. The molecule has 0 radical (unpaired) electrons. The standard InChI is InChI=1S/C27H29BrClN9O4/c1-16-6-8-37(9-7-16)14-21-23(32-36-38(21)26-25(30)34-42-35-26)27(39)33-31-13-18-11-20(28)24(22(12-18)40-2)41-15-17-4-3-5-19(29)10-17/h3-5,10-13,16H,6-9,14-15H2,1-2H3,(H2,30,34)(H,33,39)/b31-13-. The zero-order valence-corrected chi connectivity index (χ0v) is 25.3. The smallest absolute Gasteiger partial charge is 0.293 e. The summed E-state index contributed by atoms with van der Waals surface area (Å²) in [7, 11) is 1.54. The molecule has 15 heteroatoms. The highest BCUT2D eigenvalue weighted by atomic mass is 79.9. The Bertz CT molecular complexity index is 1580. The van der Waals surface area contributed by atoms with Gasteiger partial charge in [0.25, 0.3) is 5.91 Å². The Morgan fingerprint density at radius 2 is 2.10 bits per heavy atom. The van der Waals surface area contributed by atoms with Gasteiger partial charge in [0.15, 0.2) is 17.2 Å². The molecule has 1 aliphatic heterocycles. The van der Waals surface area contributed by atoms with Gasteiger partial charge in [-0.1, -0.05) is 35.9 Å². The predicted molar refractivity (Wildman–Crippen MR) is 159 cm³/mol. The minimum Gasteiger partial charge on any atom is -0.493 e. The number of ether oxygens (including phenoxy) is 2. The van der Waals surface area contributed by atoms with Crippen LogP contribution in [-0.2, 0) is 13.2 Å². The Balaban J connectivity index is 1.31. The van der Waals surface area contributed by atoms with Gasteiger partial charge in [-0.2, -0.15) is 9.78 Å². The average Bonchev–Trinajstić information content (AvgIpc) is 3.58. The lowest BCUT2D eigenvalue weighted by Gasteiger charge is -2.30. The number of nitrogen functional groups attached to an aromatic ring is 1. The molecule has 2 aromatic carbocycles. The van der Waals surface area contributed by atoms with E-state index in [-0.39, 0.29) is 17.3 Å². The van der Waals surface area contributed by atoms with E-state index in [2.05, 4.69) is 58.9 Å². The van der Waals surface area contributed by atoms with Crippen LogP contribution in [-0.4, -0.2) is 62.5 Å². The van der Waals surface area contributed by atoms with E-state index < -0.39 is 5.91 Å². The van der Waals surface area contributed by atoms with Crippen molar-refractivity contribution < 1.29 is 18.9 Å². The number of anilines is 1. The Morgan fingerprint density at radius 1 is 1.29 bits per heavy atom. The van der Waals surface area contributed by atoms with Crippen LogP contribution in [0.2, 0.25) is 5.02 Å². The van der Waals surface area contributed by atoms with Gasteiger partial charge in [0.2, 0.25) is 11.6 Å². The van der Waals surface area contributed by atoms with Gasteiger partial charge in [-0.05, 0) is 93.5 Å². The number of benzene rings is 2. The molecule has 3 heterocycles. The largest absolute Gasteiger partial charge is 0.493 e. The number of likely N-dealkylation sites (tertiary alicyclic amines) is 1. The third kappa shape index (κ3) is 6.89. The number of hydrogen-bond donors (Lipinski definition) is 2. The minimum absolute atomic E-state index is 0.0397. The monoisotopic (exact) mass is 657 g/mol. The van der Waals surface area contributed by atoms with E-state index in [1.807, 2.05) is 18.2 Å². The van der Waals surface area contributed by atoms with Crippen molar-refractivity contribution in [2.24, 2.45) is 11.0 Å². The Labute approximate surface area is 255 Å². The molecule has 1 saturated heterocycles. The zero-order chi connectivity index (χ0) is 29.6. The van der Waals surface area contributed by atoms with Crippen LogP contribution < -0.4 is 20.6 Å². The number of aromatic nitrogens is 5. The second kappa shape index (κ2) is 13.3. The number of rotatable bonds is 10. The fourth-order valence-corrected chi connectivity index (χ4v) is 5.30. The summed E-state index contributed by atoms with van der Waals surface area (Å²) in [5.74, 6) is 1.32. The van der Waals surface area contributed by atoms with Gasteiger partial charge in [0, 0.05) is 11.6 Å². The minimum atomic E-state index is -0.541. The molecule has 0 aliphatic carbocycles. The maximum atomic E-state index is 13.2. The summed E-state index contributed by atoms with van der Waals surface area (Å²) in [6.45, 7) is 4.71. The third-order valence-electron chi connectivity index (χ3n) is 6.83. The number of nitrogens with one attached hydrogen (secondary N) is 1. The molecule has 3 N–H and O–H groups in total. The molecular weight excluding hydrogens is 630 g/mol. The lowest BCUT2D eigenvalue weighted by molar-refractivity contribution is 0.0946. The molecule has 0 unspecified atom stereocenters. The van der Waals surface area contributed by atoms with Gasteiger partial charge in [0.05, 0.1) is 23.5 Å². The Kier molecular flexibility index (Phi) is 9.35. The molecule has 0 saturated carbocycles. The normalized spacial score (nSPS) is 14.4. The van der Waals surface area contributed by atoms with Crippen LogP contribution >= 0.6 is 27.5 Å². The van der Waals surface area contributed by atoms with E-state index in [0.29, 0.717) is 51.3 Å². The number of hydrazone groups is 1. The molecule has 42 heavy (non-hydrogen) atoms. The van der Waals surface area contributed by atoms with Crippen molar-refractivity contribution in [1.29, 1.82) is 0 Å². The van der Waals surface area contributed by atoms with Crippen molar-refractivity contribution in [3.8, 4) is 17.3 Å². The first kappa shape index (κ1) is 29.5. The van der Waals surface area contributed by atoms with Crippen LogP contribution in [0, 0.1) is 5.92 Å². The van der Waals surface area contributed by atoms with Crippen molar-refractivity contribution in [3.63, 3.8) is 0 Å². The average molecular weight is 659 g/mol. The second-order valence-corrected chi connectivity index (χ2v) is 11.2. The molecule has 1 fully saturated rings. The zero-order valence-electron chi connectivity index (χ0n) is 23.0. The molecule has 5 rings (SSSR count). The fourth-order valence-electron chi connectivity index (χ4n) is 4.51. The molecule has 2 aromatic heterocycles. The number of carbonyl (C=O) groups is 1. The van der Waals surface area contributed by atoms with Gasteiger partial charge >= 0.3 is 0 Å². The van der Waals surface area contributed by atoms with E-state index in [0.717, 1.165) is 31.5 Å². The highest BCUT2D eigenvalue weighted by Gasteiger charge is 2.27. The number of methoxy groups -OCH3 is 1. The fraction of sp³-hybridized carbons (Fsp3) is 0.333. The number of carbonyl (C=O) groups excluding carboxylic acids is 1. The second-order valence-electron chi connectivity index (χ2n) is 9.88. The highest BCUT2D eigenvalue weighted by molar-refractivity contribution is 9.10. The van der Waals surface area contributed by atoms with Crippen LogP contribution in [0.1, 0.15) is 47.1 Å². The number of nitrogens with two attached hydrogens (primary N) is 1. The molecule has 0 bridgehead atoms. The maximum absolute atomic E-state index is 13.2. The number of piperidine rings is 1. The van der Waals surface area contributed by atoms with Gasteiger partial charge in [-0.15, -0.1) is 5.10 Å². The van der Waals surface area contributed by atoms with Gasteiger partial charge in [-0.3, -0.25) is 9.69 Å². The third-order valence-corrected chi connectivity index (χ3v) is 7.65. The quantitative estimate of drug-likeness (QED) is 0.187. The Morgan fingerprint density at radius 3 is 2.81 bits per heavy atom. The van der Waals surface area contributed by atoms with E-state index in [4.69, 9.17) is 31.4 Å². The van der Waals surface area contributed by atoms with Crippen molar-refractivity contribution in [2.45, 2.75) is 32.9 Å². The van der Waals surface area contributed by atoms with Crippen LogP contribution in [0.3, 0.4) is 0 Å². The molecule has 0 atom stereocenters. The molecule has 4 aromatic rings. The predicted octanol–water partition coefficient (Wildman–Crippen LogP) is 4.23. The summed E-state index contributed by atoms with van der Waals surface area (Å²) >= 11 is 9.61. The summed E-state index contributed by atoms with van der Waals surface area (Å²) in [6, 6.07) is 11.0. The molecule has 0 spiro atoms. The SMILES string of the molecule is COc1cc(/C=N\NC(=O)c2nnn(-c3nonc3N)c2CN2CCC(C)CC2)cc(Br)c1OCc1cccc(Cl)c1. The first-order chi connectivity index (χ1) is 20.3. The molecule has 1 amide bonds. The van der Waals surface area contributed by atoms with E-state index in [1.165, 1.54) is 10.9 Å². The molecule has 13 nitrogen and oxygen atoms in total. The van der Waals surface area contributed by atoms with Gasteiger partial charge in [-0.25, -0.2) is 10.1 Å². The summed E-state index contributed by atoms with van der Waals surface area (Å²) < 4.78 is 18.3. The molecule has 1 aliphatic rings. The van der Waals surface area contributed by atoms with Gasteiger partial charge < -0.3 is 15.2 Å². The van der Waals surface area contributed by atoms with E-state index in [9.17, 15) is 4.79 Å². The van der Waals surface area contributed by atoms with Crippen molar-refractivity contribution in [1.82, 2.24) is 35.6 Å². The molecule has 220 valence electrons. The lowest BCUT2D eigenvalue weighted by Crippen LogP contribution is -2.34. The summed E-state index contributed by atoms with van der Waals surface area (Å²) in [4.78, 5) is 15.4. The topological polar surface area (TPSA) is 159 Å². The highest BCUT2D eigenvalue weighted by Crippen LogP contribution is 2.37. The van der Waals surface area contributed by atoms with E-state index >= 15 is 0 Å². The first-order valence-electron chi connectivity index (χ1n) is 13.2. The first-order valence-corrected chi connectivity index (χ1v) is 14.3. The number of amides is 1. The summed E-state index contributed by atoms with van der Waals surface area (Å²) in [5, 5.41) is 20.4. The number of halogens is 2. The van der Waals surface area contributed by atoms with Crippen molar-refractivity contribution >= 4 is 45.5 Å². The lowest BCUT2D eigenvalue weighted by atomic mass is 9.99. The number of hydrogen-bond acceptors (Lipinski definition) is 11. The van der Waals surface area contributed by atoms with Crippen molar-refractivity contribution in [2.75, 3.05) is 25.9 Å². The van der Waals surface area contributed by atoms with Crippen LogP contribution in [0.15, 0.2) is 50.6 Å². The molecular formula is C27H29BrClN9O4. The Hall–Kier alpha value is -4.01. The van der Waals surface area contributed by atoms with Crippen LogP contribution in [0.25, 0.3) is 5.82 Å². The van der Waals surface area contributed by atoms with Crippen LogP contribution in [0.5, 0.6) is 11.5 Å². The van der Waals surface area contributed by atoms with Crippen LogP contribution in [0.4, 0.5) is 5.82 Å². The van der Waals surface area contributed by atoms with E-state index in [1.54, 1.807) is 25.3 Å². The van der Waals surface area contributed by atoms with Gasteiger partial charge in [0.1, 0.15) is 6.61 Å².